The van der Waals surface area contributed by atoms with Crippen molar-refractivity contribution in [2.75, 3.05) is 25.0 Å². The zero-order valence-electron chi connectivity index (χ0n) is 20.3. The summed E-state index contributed by atoms with van der Waals surface area (Å²) in [7, 11) is 0. The minimum atomic E-state index is -0.523. The highest BCUT2D eigenvalue weighted by Crippen LogP contribution is 2.25. The number of hydrogen-bond acceptors (Lipinski definition) is 6. The number of hydrogen-bond donors (Lipinski definition) is 1. The molecule has 1 N–H and O–H groups in total. The number of piperazine rings is 1. The molecule has 1 aliphatic rings. The molecule has 1 fully saturated rings. The number of benzene rings is 1. The van der Waals surface area contributed by atoms with Crippen LogP contribution in [-0.4, -0.2) is 57.8 Å². The molecule has 1 atom stereocenters. The normalized spacial score (nSPS) is 16.3. The molecule has 10 heteroatoms. The van der Waals surface area contributed by atoms with E-state index in [9.17, 15) is 19.2 Å². The number of amides is 2. The second kappa shape index (κ2) is 10.3. The maximum Gasteiger partial charge on any atom is 0.254 e. The van der Waals surface area contributed by atoms with E-state index in [0.29, 0.717) is 47.2 Å². The van der Waals surface area contributed by atoms with E-state index in [-0.39, 0.29) is 17.6 Å². The lowest BCUT2D eigenvalue weighted by atomic mass is 9.96. The lowest BCUT2D eigenvalue weighted by molar-refractivity contribution is -0.605. The molecule has 9 nitrogen and oxygen atoms in total. The molecule has 0 bridgehead atoms. The van der Waals surface area contributed by atoms with Crippen LogP contribution in [0, 0.1) is 11.0 Å². The zero-order chi connectivity index (χ0) is 25.9. The van der Waals surface area contributed by atoms with Crippen molar-refractivity contribution in [3.05, 3.63) is 83.7 Å². The Morgan fingerprint density at radius 2 is 1.75 bits per heavy atom. The van der Waals surface area contributed by atoms with Crippen LogP contribution in [0.2, 0.25) is 0 Å². The van der Waals surface area contributed by atoms with Crippen molar-refractivity contribution in [3.8, 4) is 11.5 Å². The molecule has 36 heavy (non-hydrogen) atoms. The van der Waals surface area contributed by atoms with Gasteiger partial charge in [0.15, 0.2) is 12.4 Å². The Morgan fingerprint density at radius 3 is 2.36 bits per heavy atom. The van der Waals surface area contributed by atoms with E-state index in [1.54, 1.807) is 17.0 Å². The third-order valence-electron chi connectivity index (χ3n) is 6.19. The van der Waals surface area contributed by atoms with Crippen LogP contribution in [0.1, 0.15) is 31.1 Å². The minimum Gasteiger partial charge on any atom is -0.619 e. The van der Waals surface area contributed by atoms with Crippen molar-refractivity contribution in [2.24, 2.45) is 0 Å². The van der Waals surface area contributed by atoms with Crippen LogP contribution in [0.15, 0.2) is 67.1 Å². The van der Waals surface area contributed by atoms with Crippen molar-refractivity contribution in [1.29, 1.82) is 0 Å². The number of anilines is 1. The van der Waals surface area contributed by atoms with Gasteiger partial charge in [0.1, 0.15) is 23.1 Å². The number of carbonyl (C=O) groups excluding carboxylic acids is 2. The topological polar surface area (TPSA) is 102 Å². The average Bonchev–Trinajstić information content (AvgIpc) is 2.85. The molecule has 3 aromatic rings. The number of nitrogens with zero attached hydrogens (tertiary/aromatic N) is 4. The monoisotopic (exact) mass is 493 g/mol. The van der Waals surface area contributed by atoms with E-state index in [0.717, 1.165) is 0 Å². The van der Waals surface area contributed by atoms with Crippen LogP contribution < -0.4 is 14.8 Å². The largest absolute Gasteiger partial charge is 0.619 e. The molecule has 0 aliphatic carbocycles. The summed E-state index contributed by atoms with van der Waals surface area (Å²) >= 11 is 0. The molecule has 188 valence electrons. The predicted octanol–water partition coefficient (Wildman–Crippen LogP) is 3.21. The first-order valence-electron chi connectivity index (χ1n) is 11.6. The summed E-state index contributed by atoms with van der Waals surface area (Å²) in [6.07, 6.45) is 4.09. The zero-order valence-corrected chi connectivity index (χ0v) is 20.3. The lowest BCUT2D eigenvalue weighted by Crippen LogP contribution is -2.63. The molecular formula is C26H28FN5O4. The highest BCUT2D eigenvalue weighted by atomic mass is 19.1. The molecule has 0 radical (unpaired) electrons. The summed E-state index contributed by atoms with van der Waals surface area (Å²) in [6.45, 7) is 7.21. The van der Waals surface area contributed by atoms with Gasteiger partial charge < -0.3 is 20.2 Å². The molecule has 0 spiro atoms. The Bertz CT molecular complexity index is 1220. The molecule has 0 unspecified atom stereocenters. The Balaban J connectivity index is 1.34. The third kappa shape index (κ3) is 5.77. The van der Waals surface area contributed by atoms with Crippen molar-refractivity contribution in [3.63, 3.8) is 0 Å². The van der Waals surface area contributed by atoms with Crippen molar-refractivity contribution >= 4 is 17.6 Å². The number of pyridine rings is 2. The Hall–Kier alpha value is -4.05. The van der Waals surface area contributed by atoms with Crippen LogP contribution >= 0.6 is 0 Å². The maximum atomic E-state index is 13.0. The van der Waals surface area contributed by atoms with E-state index in [1.165, 1.54) is 55.0 Å². The average molecular weight is 494 g/mol. The van der Waals surface area contributed by atoms with Crippen LogP contribution in [0.3, 0.4) is 0 Å². The Morgan fingerprint density at radius 1 is 1.08 bits per heavy atom. The quantitative estimate of drug-likeness (QED) is 0.418. The first kappa shape index (κ1) is 25.1. The number of rotatable bonds is 6. The third-order valence-corrected chi connectivity index (χ3v) is 6.19. The number of nitrogens with one attached hydrogen (secondary N) is 1. The number of ether oxygens (including phenoxy) is 1. The summed E-state index contributed by atoms with van der Waals surface area (Å²) in [5, 5.41) is 14.1. The van der Waals surface area contributed by atoms with Gasteiger partial charge >= 0.3 is 0 Å². The van der Waals surface area contributed by atoms with E-state index in [4.69, 9.17) is 4.74 Å². The lowest BCUT2D eigenvalue weighted by Gasteiger charge is -2.48. The van der Waals surface area contributed by atoms with Gasteiger partial charge in [-0.3, -0.25) is 14.5 Å². The Kier molecular flexibility index (Phi) is 7.16. The predicted molar refractivity (Wildman–Crippen MR) is 131 cm³/mol. The van der Waals surface area contributed by atoms with Gasteiger partial charge in [0.25, 0.3) is 5.91 Å². The highest BCUT2D eigenvalue weighted by Gasteiger charge is 2.39. The molecule has 2 amide bonds. The minimum absolute atomic E-state index is 0.149. The first-order chi connectivity index (χ1) is 17.1. The molecule has 0 saturated carbocycles. The summed E-state index contributed by atoms with van der Waals surface area (Å²) in [6, 6.07) is 11.5. The molecule has 1 saturated heterocycles. The summed E-state index contributed by atoms with van der Waals surface area (Å²) < 4.78 is 19.3. The van der Waals surface area contributed by atoms with Crippen LogP contribution in [0.5, 0.6) is 11.5 Å². The van der Waals surface area contributed by atoms with Crippen molar-refractivity contribution in [1.82, 2.24) is 14.8 Å². The molecule has 1 aliphatic heterocycles. The van der Waals surface area contributed by atoms with Gasteiger partial charge in [0.2, 0.25) is 5.91 Å². The molecule has 3 heterocycles. The summed E-state index contributed by atoms with van der Waals surface area (Å²) in [4.78, 5) is 34.0. The van der Waals surface area contributed by atoms with Gasteiger partial charge in [-0.2, -0.15) is 4.73 Å². The molecule has 1 aromatic carbocycles. The van der Waals surface area contributed by atoms with Gasteiger partial charge in [0, 0.05) is 31.8 Å². The smallest absolute Gasteiger partial charge is 0.254 e. The first-order valence-corrected chi connectivity index (χ1v) is 11.6. The Labute approximate surface area is 208 Å². The fourth-order valence-corrected chi connectivity index (χ4v) is 4.16. The molecule has 4 rings (SSSR count). The standard InChI is InChI=1S/C26H28FN5O4/c1-18(24(33)29-23-9-8-22(16-28-23)36-21-6-4-20(27)5-7-21)30-14-15-32(26(2,3)17-30)25(34)19-10-12-31(35)13-11-19/h4-13,16,18H,14-15,17H2,1-3H3,(H,28,29,33)/t18-/m1/s1. The second-order valence-corrected chi connectivity index (χ2v) is 9.29. The molecular weight excluding hydrogens is 465 g/mol. The van der Waals surface area contributed by atoms with E-state index >= 15 is 0 Å². The van der Waals surface area contributed by atoms with E-state index in [2.05, 4.69) is 10.3 Å². The number of carbonyl (C=O) groups is 2. The van der Waals surface area contributed by atoms with Gasteiger partial charge in [-0.15, -0.1) is 0 Å². The van der Waals surface area contributed by atoms with Crippen molar-refractivity contribution in [2.45, 2.75) is 32.4 Å². The van der Waals surface area contributed by atoms with Gasteiger partial charge in [0.05, 0.1) is 23.3 Å². The van der Waals surface area contributed by atoms with Crippen LogP contribution in [0.25, 0.3) is 0 Å². The van der Waals surface area contributed by atoms with Crippen LogP contribution in [-0.2, 0) is 4.79 Å². The van der Waals surface area contributed by atoms with Crippen LogP contribution in [0.4, 0.5) is 10.2 Å². The van der Waals surface area contributed by atoms with Gasteiger partial charge in [-0.25, -0.2) is 9.37 Å². The van der Waals surface area contributed by atoms with E-state index in [1.807, 2.05) is 25.7 Å². The second-order valence-electron chi connectivity index (χ2n) is 9.29. The molecule has 2 aromatic heterocycles. The van der Waals surface area contributed by atoms with Gasteiger partial charge in [-0.1, -0.05) is 0 Å². The number of aromatic nitrogens is 2. The number of halogens is 1. The van der Waals surface area contributed by atoms with E-state index < -0.39 is 11.6 Å². The van der Waals surface area contributed by atoms with Crippen molar-refractivity contribution < 1.29 is 23.4 Å². The SMILES string of the molecule is C[C@H](C(=O)Nc1ccc(Oc2ccc(F)cc2)cn1)N1CCN(C(=O)c2cc[n+]([O-])cc2)C(C)(C)C1. The highest BCUT2D eigenvalue weighted by molar-refractivity contribution is 5.95. The fraction of sp³-hybridized carbons (Fsp3) is 0.308. The maximum absolute atomic E-state index is 13.0. The summed E-state index contributed by atoms with van der Waals surface area (Å²) in [5.41, 5.74) is -0.0718. The fourth-order valence-electron chi connectivity index (χ4n) is 4.16. The summed E-state index contributed by atoms with van der Waals surface area (Å²) in [5.74, 6) is 0.603. The van der Waals surface area contributed by atoms with Gasteiger partial charge in [-0.05, 0) is 57.2 Å².